The summed E-state index contributed by atoms with van der Waals surface area (Å²) in [5.41, 5.74) is 2.55. The third kappa shape index (κ3) is 5.60. The van der Waals surface area contributed by atoms with Crippen LogP contribution in [-0.2, 0) is 11.4 Å². The van der Waals surface area contributed by atoms with Gasteiger partial charge in [-0.3, -0.25) is 9.69 Å². The topological polar surface area (TPSA) is 42.0 Å². The molecule has 2 fully saturated rings. The summed E-state index contributed by atoms with van der Waals surface area (Å²) in [4.78, 5) is 17.0. The minimum Gasteiger partial charge on any atom is -0.490 e. The molecule has 2 aliphatic rings. The van der Waals surface area contributed by atoms with Crippen LogP contribution in [0.3, 0.4) is 0 Å². The zero-order valence-electron chi connectivity index (χ0n) is 19.4. The quantitative estimate of drug-likeness (QED) is 0.187. The highest BCUT2D eigenvalue weighted by Gasteiger charge is 2.40. The molecule has 4 rings (SSSR count). The maximum Gasteiger partial charge on any atom is 0.277 e. The van der Waals surface area contributed by atoms with Crippen LogP contribution >= 0.6 is 50.7 Å². The second-order valence-corrected chi connectivity index (χ2v) is 11.0. The predicted octanol–water partition coefficient (Wildman–Crippen LogP) is 6.76. The van der Waals surface area contributed by atoms with Crippen LogP contribution < -0.4 is 9.47 Å². The van der Waals surface area contributed by atoms with E-state index >= 15 is 0 Å². The predicted molar refractivity (Wildman–Crippen MR) is 151 cm³/mol. The Morgan fingerprint density at radius 3 is 2.53 bits per heavy atom. The molecule has 1 heterocycles. The number of carbonyl (C=O) groups is 1. The van der Waals surface area contributed by atoms with Crippen LogP contribution in [0.15, 0.2) is 46.6 Å². The molecule has 1 aliphatic heterocycles. The number of nitrogens with zero attached hydrogens (tertiary/aromatic N) is 2. The molecule has 1 saturated carbocycles. The molecule has 1 amide bonds. The largest absolute Gasteiger partial charge is 0.490 e. The lowest BCUT2D eigenvalue weighted by molar-refractivity contribution is -0.124. The number of halogens is 2. The van der Waals surface area contributed by atoms with Crippen LogP contribution in [-0.4, -0.2) is 40.5 Å². The maximum atomic E-state index is 13.3. The Labute approximate surface area is 228 Å². The molecule has 0 atom stereocenters. The molecular weight excluding hydrogens is 627 g/mol. The van der Waals surface area contributed by atoms with E-state index in [4.69, 9.17) is 21.7 Å². The van der Waals surface area contributed by atoms with Crippen molar-refractivity contribution >= 4 is 67.8 Å². The molecule has 34 heavy (non-hydrogen) atoms. The van der Waals surface area contributed by atoms with Crippen molar-refractivity contribution in [3.05, 3.63) is 61.3 Å². The van der Waals surface area contributed by atoms with Gasteiger partial charge in [0.15, 0.2) is 16.6 Å². The third-order valence-electron chi connectivity index (χ3n) is 6.16. The summed E-state index contributed by atoms with van der Waals surface area (Å²) < 4.78 is 14.0. The minimum absolute atomic E-state index is 0.0112. The first kappa shape index (κ1) is 25.4. The second kappa shape index (κ2) is 11.4. The Bertz CT molecular complexity index is 1100. The van der Waals surface area contributed by atoms with E-state index < -0.39 is 0 Å². The van der Waals surface area contributed by atoms with Crippen LogP contribution in [0.2, 0.25) is 0 Å². The lowest BCUT2D eigenvalue weighted by Crippen LogP contribution is -2.41. The first-order valence-electron chi connectivity index (χ1n) is 11.6. The molecule has 0 N–H and O–H groups in total. The van der Waals surface area contributed by atoms with Crippen molar-refractivity contribution in [1.82, 2.24) is 9.80 Å². The highest BCUT2D eigenvalue weighted by atomic mass is 127. The van der Waals surface area contributed by atoms with Gasteiger partial charge in [0.1, 0.15) is 12.3 Å². The molecule has 0 unspecified atom stereocenters. The molecule has 8 heteroatoms. The average molecular weight is 655 g/mol. The fourth-order valence-corrected chi connectivity index (χ4v) is 5.78. The van der Waals surface area contributed by atoms with Crippen molar-refractivity contribution in [1.29, 1.82) is 0 Å². The smallest absolute Gasteiger partial charge is 0.277 e. The van der Waals surface area contributed by atoms with E-state index in [2.05, 4.69) is 38.5 Å². The summed E-state index contributed by atoms with van der Waals surface area (Å²) in [5.74, 6) is 1.36. The highest BCUT2D eigenvalue weighted by Crippen LogP contribution is 2.37. The molecule has 0 spiro atoms. The molecule has 180 valence electrons. The Balaban J connectivity index is 1.59. The maximum absolute atomic E-state index is 13.3. The van der Waals surface area contributed by atoms with Crippen molar-refractivity contribution in [2.24, 2.45) is 0 Å². The first-order chi connectivity index (χ1) is 16.4. The van der Waals surface area contributed by atoms with E-state index in [0.717, 1.165) is 44.9 Å². The summed E-state index contributed by atoms with van der Waals surface area (Å²) in [6.07, 6.45) is 7.47. The van der Waals surface area contributed by atoms with Gasteiger partial charge in [-0.1, -0.05) is 47.3 Å². The van der Waals surface area contributed by atoms with Gasteiger partial charge in [0.25, 0.3) is 5.91 Å². The molecule has 1 saturated heterocycles. The van der Waals surface area contributed by atoms with E-state index in [0.29, 0.717) is 35.5 Å². The minimum atomic E-state index is -0.0112. The van der Waals surface area contributed by atoms with E-state index in [9.17, 15) is 4.79 Å². The summed E-state index contributed by atoms with van der Waals surface area (Å²) in [6, 6.07) is 12.2. The summed E-state index contributed by atoms with van der Waals surface area (Å²) in [7, 11) is 1.87. The Kier molecular flexibility index (Phi) is 8.52. The van der Waals surface area contributed by atoms with Gasteiger partial charge in [0.05, 0.1) is 10.2 Å². The van der Waals surface area contributed by atoms with Gasteiger partial charge in [-0.25, -0.2) is 0 Å². The van der Waals surface area contributed by atoms with Gasteiger partial charge < -0.3 is 14.4 Å². The molecule has 0 aromatic heterocycles. The fourth-order valence-electron chi connectivity index (χ4n) is 4.41. The number of hydrogen-bond donors (Lipinski definition) is 0. The van der Waals surface area contributed by atoms with Crippen LogP contribution in [0.25, 0.3) is 6.08 Å². The van der Waals surface area contributed by atoms with Gasteiger partial charge in [-0.15, -0.1) is 0 Å². The van der Waals surface area contributed by atoms with Crippen LogP contribution in [0.1, 0.15) is 50.2 Å². The highest BCUT2D eigenvalue weighted by molar-refractivity contribution is 14.1. The Morgan fingerprint density at radius 1 is 1.15 bits per heavy atom. The van der Waals surface area contributed by atoms with Gasteiger partial charge in [-0.2, -0.15) is 0 Å². The SMILES string of the molecule is CCOc1cc(/C=C2/C(=O)N(C3CCCCC3)C(=S)N2C)cc(I)c1OCc1ccc(Br)cc1. The number of carbonyl (C=O) groups excluding carboxylic acids is 1. The average Bonchev–Trinajstić information content (AvgIpc) is 3.03. The van der Waals surface area contributed by atoms with E-state index in [1.165, 1.54) is 6.42 Å². The van der Waals surface area contributed by atoms with Gasteiger partial charge in [0.2, 0.25) is 0 Å². The number of thiocarbonyl (C=S) groups is 1. The van der Waals surface area contributed by atoms with Gasteiger partial charge >= 0.3 is 0 Å². The third-order valence-corrected chi connectivity index (χ3v) is 7.96. The fraction of sp³-hybridized carbons (Fsp3) is 0.385. The van der Waals surface area contributed by atoms with Crippen LogP contribution in [0.4, 0.5) is 0 Å². The first-order valence-corrected chi connectivity index (χ1v) is 13.8. The summed E-state index contributed by atoms with van der Waals surface area (Å²) in [6.45, 7) is 2.91. The number of ether oxygens (including phenoxy) is 2. The van der Waals surface area contributed by atoms with Crippen molar-refractivity contribution in [3.63, 3.8) is 0 Å². The molecular formula is C26H28BrIN2O3S. The molecule has 2 aromatic carbocycles. The zero-order valence-corrected chi connectivity index (χ0v) is 23.9. The van der Waals surface area contributed by atoms with E-state index in [-0.39, 0.29) is 11.9 Å². The van der Waals surface area contributed by atoms with Gasteiger partial charge in [-0.05, 0) is 96.0 Å². The molecule has 1 aliphatic carbocycles. The number of benzene rings is 2. The molecule has 0 radical (unpaired) electrons. The number of likely N-dealkylation sites (N-methyl/N-ethyl adjacent to an activating group) is 1. The van der Waals surface area contributed by atoms with Crippen LogP contribution in [0, 0.1) is 3.57 Å². The summed E-state index contributed by atoms with van der Waals surface area (Å²) in [5, 5.41) is 0.595. The number of hydrogen-bond acceptors (Lipinski definition) is 4. The molecule has 5 nitrogen and oxygen atoms in total. The number of amides is 1. The van der Waals surface area contributed by atoms with Crippen molar-refractivity contribution in [2.45, 2.75) is 51.7 Å². The normalized spacial score (nSPS) is 18.2. The van der Waals surface area contributed by atoms with Crippen molar-refractivity contribution < 1.29 is 14.3 Å². The standard InChI is InChI=1S/C26H28BrIN2O3S/c1-3-32-23-15-18(13-21(28)24(23)33-16-17-9-11-19(27)12-10-17)14-22-25(31)30(26(34)29(22)2)20-7-5-4-6-8-20/h9-15,20H,3-8,16H2,1-2H3/b22-14-. The lowest BCUT2D eigenvalue weighted by Gasteiger charge is -2.30. The van der Waals surface area contributed by atoms with Crippen molar-refractivity contribution in [3.8, 4) is 11.5 Å². The Morgan fingerprint density at radius 2 is 1.85 bits per heavy atom. The second-order valence-electron chi connectivity index (χ2n) is 8.52. The lowest BCUT2D eigenvalue weighted by atomic mass is 9.94. The Hall–Kier alpha value is -1.65. The van der Waals surface area contributed by atoms with Crippen molar-refractivity contribution in [2.75, 3.05) is 13.7 Å². The number of rotatable bonds is 7. The zero-order chi connectivity index (χ0) is 24.2. The van der Waals surface area contributed by atoms with Crippen LogP contribution in [0.5, 0.6) is 11.5 Å². The van der Waals surface area contributed by atoms with E-state index in [1.807, 2.05) is 66.2 Å². The monoisotopic (exact) mass is 654 g/mol. The van der Waals surface area contributed by atoms with Gasteiger partial charge in [0, 0.05) is 17.6 Å². The molecule has 2 aromatic rings. The summed E-state index contributed by atoms with van der Waals surface area (Å²) >= 11 is 11.4. The van der Waals surface area contributed by atoms with E-state index in [1.54, 1.807) is 0 Å². The molecule has 0 bridgehead atoms.